The molecule has 0 aromatic heterocycles. The number of amides is 1. The number of hydrogen-bond acceptors (Lipinski definition) is 2. The van der Waals surface area contributed by atoms with Gasteiger partial charge in [0.1, 0.15) is 5.82 Å². The van der Waals surface area contributed by atoms with Crippen LogP contribution in [-0.2, 0) is 0 Å². The smallest absolute Gasteiger partial charge is 0.251 e. The molecule has 1 atom stereocenters. The summed E-state index contributed by atoms with van der Waals surface area (Å²) in [7, 11) is 0. The molecule has 1 aliphatic rings. The van der Waals surface area contributed by atoms with Crippen molar-refractivity contribution in [2.24, 2.45) is 5.41 Å². The van der Waals surface area contributed by atoms with E-state index in [9.17, 15) is 9.18 Å². The van der Waals surface area contributed by atoms with E-state index < -0.39 is 5.82 Å². The minimum Gasteiger partial charge on any atom is -0.399 e. The molecule has 2 rings (SSSR count). The lowest BCUT2D eigenvalue weighted by atomic mass is 9.87. The third-order valence-electron chi connectivity index (χ3n) is 3.74. The average Bonchev–Trinajstić information content (AvgIpc) is 2.57. The van der Waals surface area contributed by atoms with Gasteiger partial charge in [-0.1, -0.05) is 20.3 Å². The Morgan fingerprint density at radius 2 is 2.17 bits per heavy atom. The van der Waals surface area contributed by atoms with Gasteiger partial charge in [-0.05, 0) is 36.5 Å². The molecule has 1 aromatic rings. The first kappa shape index (κ1) is 12.9. The fourth-order valence-corrected chi connectivity index (χ4v) is 2.58. The Kier molecular flexibility index (Phi) is 3.28. The molecule has 98 valence electrons. The zero-order valence-electron chi connectivity index (χ0n) is 10.8. The summed E-state index contributed by atoms with van der Waals surface area (Å²) in [4.78, 5) is 12.1. The van der Waals surface area contributed by atoms with Crippen molar-refractivity contribution in [3.05, 3.63) is 29.6 Å². The predicted molar refractivity (Wildman–Crippen MR) is 69.7 cm³/mol. The normalized spacial score (nSPS) is 21.8. The van der Waals surface area contributed by atoms with Crippen LogP contribution in [-0.4, -0.2) is 11.9 Å². The van der Waals surface area contributed by atoms with Gasteiger partial charge in [-0.3, -0.25) is 4.79 Å². The van der Waals surface area contributed by atoms with Crippen molar-refractivity contribution in [2.45, 2.75) is 39.2 Å². The molecule has 18 heavy (non-hydrogen) atoms. The number of benzene rings is 1. The molecule has 0 aliphatic heterocycles. The Hall–Kier alpha value is -1.58. The van der Waals surface area contributed by atoms with Crippen LogP contribution in [0.4, 0.5) is 10.1 Å². The fourth-order valence-electron chi connectivity index (χ4n) is 2.58. The summed E-state index contributed by atoms with van der Waals surface area (Å²) < 4.78 is 13.2. The summed E-state index contributed by atoms with van der Waals surface area (Å²) >= 11 is 0. The van der Waals surface area contributed by atoms with Gasteiger partial charge < -0.3 is 11.1 Å². The zero-order valence-corrected chi connectivity index (χ0v) is 10.8. The summed E-state index contributed by atoms with van der Waals surface area (Å²) in [5.74, 6) is -0.730. The molecule has 4 heteroatoms. The molecule has 1 unspecified atom stereocenters. The molecule has 0 saturated heterocycles. The number of nitrogens with two attached hydrogens (primary N) is 1. The van der Waals surface area contributed by atoms with Crippen molar-refractivity contribution in [2.75, 3.05) is 5.73 Å². The van der Waals surface area contributed by atoms with Gasteiger partial charge in [0.05, 0.1) is 0 Å². The van der Waals surface area contributed by atoms with E-state index in [4.69, 9.17) is 5.73 Å². The molecular formula is C14H19FN2O. The van der Waals surface area contributed by atoms with Gasteiger partial charge in [0, 0.05) is 17.3 Å². The second-order valence-electron chi connectivity index (χ2n) is 5.68. The lowest BCUT2D eigenvalue weighted by Gasteiger charge is -2.27. The van der Waals surface area contributed by atoms with Crippen LogP contribution >= 0.6 is 0 Å². The van der Waals surface area contributed by atoms with Crippen LogP contribution in [0.5, 0.6) is 0 Å². The maximum absolute atomic E-state index is 13.2. The maximum atomic E-state index is 13.2. The van der Waals surface area contributed by atoms with E-state index in [1.54, 1.807) is 0 Å². The quantitative estimate of drug-likeness (QED) is 0.793. The highest BCUT2D eigenvalue weighted by molar-refractivity contribution is 5.95. The Balaban J connectivity index is 2.12. The van der Waals surface area contributed by atoms with Gasteiger partial charge >= 0.3 is 0 Å². The van der Waals surface area contributed by atoms with Crippen LogP contribution in [0.15, 0.2) is 18.2 Å². The van der Waals surface area contributed by atoms with E-state index in [-0.39, 0.29) is 28.6 Å². The molecule has 1 amide bonds. The highest BCUT2D eigenvalue weighted by Crippen LogP contribution is 2.37. The highest BCUT2D eigenvalue weighted by atomic mass is 19.1. The summed E-state index contributed by atoms with van der Waals surface area (Å²) in [6, 6.07) is 4.07. The monoisotopic (exact) mass is 250 g/mol. The zero-order chi connectivity index (χ0) is 13.3. The average molecular weight is 250 g/mol. The van der Waals surface area contributed by atoms with Crippen molar-refractivity contribution >= 4 is 11.6 Å². The predicted octanol–water partition coefficient (Wildman–Crippen LogP) is 2.72. The molecule has 0 bridgehead atoms. The molecule has 3 N–H and O–H groups in total. The minimum absolute atomic E-state index is 0.106. The summed E-state index contributed by atoms with van der Waals surface area (Å²) in [6.07, 6.45) is 3.19. The van der Waals surface area contributed by atoms with E-state index in [1.165, 1.54) is 18.2 Å². The molecule has 1 saturated carbocycles. The molecule has 0 heterocycles. The third kappa shape index (κ3) is 2.63. The van der Waals surface area contributed by atoms with Crippen molar-refractivity contribution in [1.29, 1.82) is 0 Å². The van der Waals surface area contributed by atoms with Crippen LogP contribution in [0.2, 0.25) is 0 Å². The number of halogens is 1. The Labute approximate surface area is 107 Å². The number of nitrogen functional groups attached to an aromatic ring is 1. The largest absolute Gasteiger partial charge is 0.399 e. The lowest BCUT2D eigenvalue weighted by Crippen LogP contribution is -2.41. The molecule has 1 fully saturated rings. The molecule has 0 spiro atoms. The van der Waals surface area contributed by atoms with E-state index in [2.05, 4.69) is 19.2 Å². The topological polar surface area (TPSA) is 55.1 Å². The van der Waals surface area contributed by atoms with Gasteiger partial charge in [-0.15, -0.1) is 0 Å². The van der Waals surface area contributed by atoms with Crippen molar-refractivity contribution in [1.82, 2.24) is 5.32 Å². The molecule has 3 nitrogen and oxygen atoms in total. The standard InChI is InChI=1S/C14H19FN2O/c1-14(2)5-3-4-12(14)17-13(18)9-6-10(15)8-11(16)7-9/h6-8,12H,3-5,16H2,1-2H3,(H,17,18). The SMILES string of the molecule is CC1(C)CCCC1NC(=O)c1cc(N)cc(F)c1. The molecule has 1 aliphatic carbocycles. The minimum atomic E-state index is -0.481. The van der Waals surface area contributed by atoms with Gasteiger partial charge in [0.25, 0.3) is 5.91 Å². The number of anilines is 1. The Morgan fingerprint density at radius 3 is 2.72 bits per heavy atom. The fraction of sp³-hybridized carbons (Fsp3) is 0.500. The van der Waals surface area contributed by atoms with Crippen molar-refractivity contribution < 1.29 is 9.18 Å². The van der Waals surface area contributed by atoms with E-state index >= 15 is 0 Å². The second-order valence-corrected chi connectivity index (χ2v) is 5.68. The number of nitrogens with one attached hydrogen (secondary N) is 1. The summed E-state index contributed by atoms with van der Waals surface area (Å²) in [5, 5.41) is 2.98. The van der Waals surface area contributed by atoms with E-state index in [0.717, 1.165) is 19.3 Å². The highest BCUT2D eigenvalue weighted by Gasteiger charge is 2.35. The van der Waals surface area contributed by atoms with Crippen molar-refractivity contribution in [3.63, 3.8) is 0 Å². The first-order valence-corrected chi connectivity index (χ1v) is 6.25. The summed E-state index contributed by atoms with van der Waals surface area (Å²) in [6.45, 7) is 4.29. The first-order valence-electron chi connectivity index (χ1n) is 6.25. The Bertz CT molecular complexity index is 451. The van der Waals surface area contributed by atoms with Gasteiger partial charge in [0.2, 0.25) is 0 Å². The van der Waals surface area contributed by atoms with Crippen LogP contribution in [0.1, 0.15) is 43.5 Å². The van der Waals surface area contributed by atoms with Gasteiger partial charge in [-0.2, -0.15) is 0 Å². The molecule has 1 aromatic carbocycles. The lowest BCUT2D eigenvalue weighted by molar-refractivity contribution is 0.0909. The van der Waals surface area contributed by atoms with Gasteiger partial charge in [-0.25, -0.2) is 4.39 Å². The summed E-state index contributed by atoms with van der Waals surface area (Å²) in [5.41, 5.74) is 6.20. The van der Waals surface area contributed by atoms with Crippen LogP contribution < -0.4 is 11.1 Å². The Morgan fingerprint density at radius 1 is 1.44 bits per heavy atom. The second kappa shape index (κ2) is 4.59. The number of rotatable bonds is 2. The van der Waals surface area contributed by atoms with Gasteiger partial charge in [0.15, 0.2) is 0 Å². The molecule has 0 radical (unpaired) electrons. The molecular weight excluding hydrogens is 231 g/mol. The van der Waals surface area contributed by atoms with E-state index in [0.29, 0.717) is 0 Å². The number of hydrogen-bond donors (Lipinski definition) is 2. The van der Waals surface area contributed by atoms with Crippen LogP contribution in [0.3, 0.4) is 0 Å². The van der Waals surface area contributed by atoms with Crippen LogP contribution in [0, 0.1) is 11.2 Å². The van der Waals surface area contributed by atoms with Crippen LogP contribution in [0.25, 0.3) is 0 Å². The maximum Gasteiger partial charge on any atom is 0.251 e. The number of carbonyl (C=O) groups is 1. The third-order valence-corrected chi connectivity index (χ3v) is 3.74. The number of carbonyl (C=O) groups excluding carboxylic acids is 1. The van der Waals surface area contributed by atoms with E-state index in [1.807, 2.05) is 0 Å². The first-order chi connectivity index (χ1) is 8.38. The van der Waals surface area contributed by atoms with Crippen molar-refractivity contribution in [3.8, 4) is 0 Å².